The normalized spacial score (nSPS) is 19.5. The molecule has 2 aliphatic rings. The molecule has 0 saturated carbocycles. The van der Waals surface area contributed by atoms with Crippen molar-refractivity contribution in [2.45, 2.75) is 31.7 Å². The van der Waals surface area contributed by atoms with Gasteiger partial charge in [-0.15, -0.1) is 0 Å². The first-order valence-corrected chi connectivity index (χ1v) is 9.70. The maximum Gasteiger partial charge on any atom is 0.247 e. The van der Waals surface area contributed by atoms with Crippen LogP contribution in [-0.2, 0) is 11.8 Å². The summed E-state index contributed by atoms with van der Waals surface area (Å²) in [6.45, 7) is 0.953. The highest BCUT2D eigenvalue weighted by molar-refractivity contribution is 6.32. The molecule has 0 bridgehead atoms. The van der Waals surface area contributed by atoms with Crippen molar-refractivity contribution in [1.29, 1.82) is 0 Å². The summed E-state index contributed by atoms with van der Waals surface area (Å²) in [5.41, 5.74) is 2.01. The lowest BCUT2D eigenvalue weighted by molar-refractivity contribution is -0.128. The van der Waals surface area contributed by atoms with Gasteiger partial charge in [0, 0.05) is 31.6 Å². The number of halogens is 1. The number of nitrogens with zero attached hydrogens (tertiary/aromatic N) is 2. The summed E-state index contributed by atoms with van der Waals surface area (Å²) in [6, 6.07) is 7.89. The molecule has 1 amide bonds. The molecule has 1 saturated heterocycles. The highest BCUT2D eigenvalue weighted by Gasteiger charge is 2.27. The average molecular weight is 387 g/mol. The van der Waals surface area contributed by atoms with Gasteiger partial charge in [-0.25, -0.2) is 0 Å². The number of rotatable bonds is 3. The minimum Gasteiger partial charge on any atom is -0.454 e. The quantitative estimate of drug-likeness (QED) is 0.726. The topological polar surface area (TPSA) is 43.7 Å². The molecule has 0 N–H and O–H groups in total. The summed E-state index contributed by atoms with van der Waals surface area (Å²) >= 11 is 6.23. The number of ether oxygens (including phenoxy) is 2. The molecule has 3 heterocycles. The average Bonchev–Trinajstić information content (AvgIpc) is 3.23. The van der Waals surface area contributed by atoms with E-state index in [1.807, 2.05) is 30.3 Å². The second-order valence-electron chi connectivity index (χ2n) is 7.01. The van der Waals surface area contributed by atoms with E-state index >= 15 is 0 Å². The molecule has 0 aliphatic carbocycles. The maximum absolute atomic E-state index is 13.0. The second kappa shape index (κ2) is 7.69. The molecule has 1 aromatic heterocycles. The van der Waals surface area contributed by atoms with Gasteiger partial charge in [0.05, 0.1) is 11.1 Å². The van der Waals surface area contributed by atoms with Crippen LogP contribution in [0.4, 0.5) is 0 Å². The van der Waals surface area contributed by atoms with E-state index in [0.29, 0.717) is 16.5 Å². The summed E-state index contributed by atoms with van der Waals surface area (Å²) in [5, 5.41) is 0.494. The molecular weight excluding hydrogens is 364 g/mol. The molecule has 5 nitrogen and oxygen atoms in total. The number of hydrogen-bond donors (Lipinski definition) is 0. The predicted octanol–water partition coefficient (Wildman–Crippen LogP) is 4.56. The number of carbonyl (C=O) groups excluding carboxylic acids is 1. The number of benzene rings is 1. The van der Waals surface area contributed by atoms with Crippen molar-refractivity contribution < 1.29 is 14.3 Å². The zero-order chi connectivity index (χ0) is 18.8. The van der Waals surface area contributed by atoms with E-state index in [0.717, 1.165) is 37.8 Å². The van der Waals surface area contributed by atoms with Crippen molar-refractivity contribution in [1.82, 2.24) is 9.47 Å². The van der Waals surface area contributed by atoms with Gasteiger partial charge >= 0.3 is 0 Å². The lowest BCUT2D eigenvalue weighted by Crippen LogP contribution is -2.34. The third kappa shape index (κ3) is 3.69. The Kier molecular flexibility index (Phi) is 5.12. The highest BCUT2D eigenvalue weighted by atomic mass is 35.5. The lowest BCUT2D eigenvalue weighted by atomic mass is 10.1. The van der Waals surface area contributed by atoms with E-state index in [4.69, 9.17) is 21.1 Å². The zero-order valence-electron chi connectivity index (χ0n) is 15.4. The van der Waals surface area contributed by atoms with Crippen LogP contribution in [0.1, 0.15) is 43.0 Å². The Morgan fingerprint density at radius 3 is 2.96 bits per heavy atom. The monoisotopic (exact) mass is 386 g/mol. The summed E-state index contributed by atoms with van der Waals surface area (Å²) < 4.78 is 12.8. The number of likely N-dealkylation sites (tertiary alicyclic amines) is 1. The van der Waals surface area contributed by atoms with Crippen LogP contribution in [0.3, 0.4) is 0 Å². The van der Waals surface area contributed by atoms with Gasteiger partial charge in [-0.1, -0.05) is 24.4 Å². The van der Waals surface area contributed by atoms with E-state index in [-0.39, 0.29) is 18.7 Å². The zero-order valence-corrected chi connectivity index (χ0v) is 16.1. The van der Waals surface area contributed by atoms with E-state index < -0.39 is 0 Å². The van der Waals surface area contributed by atoms with Crippen LogP contribution in [0.5, 0.6) is 11.5 Å². The molecule has 2 aliphatic heterocycles. The minimum absolute atomic E-state index is 0.0249. The van der Waals surface area contributed by atoms with Gasteiger partial charge in [0.25, 0.3) is 0 Å². The molecule has 0 spiro atoms. The maximum atomic E-state index is 13.0. The summed E-state index contributed by atoms with van der Waals surface area (Å²) in [7, 11) is 2.04. The smallest absolute Gasteiger partial charge is 0.247 e. The van der Waals surface area contributed by atoms with Gasteiger partial charge in [0.2, 0.25) is 12.7 Å². The Morgan fingerprint density at radius 1 is 1.26 bits per heavy atom. The molecule has 1 fully saturated rings. The van der Waals surface area contributed by atoms with Crippen LogP contribution in [0.15, 0.2) is 36.5 Å². The first-order chi connectivity index (χ1) is 13.1. The highest BCUT2D eigenvalue weighted by Crippen LogP contribution is 2.40. The van der Waals surface area contributed by atoms with Crippen LogP contribution in [-0.4, -0.2) is 28.7 Å². The number of aryl methyl sites for hydroxylation is 1. The van der Waals surface area contributed by atoms with Crippen molar-refractivity contribution in [2.75, 3.05) is 13.3 Å². The Balaban J connectivity index is 1.56. The van der Waals surface area contributed by atoms with Gasteiger partial charge in [-0.3, -0.25) is 4.79 Å². The molecular formula is C21H23ClN2O3. The number of fused-ring (bicyclic) bond motifs is 1. The Bertz CT molecular complexity index is 874. The molecule has 0 radical (unpaired) electrons. The van der Waals surface area contributed by atoms with Crippen LogP contribution in [0, 0.1) is 0 Å². The van der Waals surface area contributed by atoms with Crippen LogP contribution in [0.25, 0.3) is 6.08 Å². The minimum atomic E-state index is 0.0249. The number of hydrogen-bond acceptors (Lipinski definition) is 3. The van der Waals surface area contributed by atoms with E-state index in [2.05, 4.69) is 10.6 Å². The van der Waals surface area contributed by atoms with Crippen LogP contribution < -0.4 is 9.47 Å². The van der Waals surface area contributed by atoms with Gasteiger partial charge < -0.3 is 18.9 Å². The lowest BCUT2D eigenvalue weighted by Gasteiger charge is -2.29. The van der Waals surface area contributed by atoms with Gasteiger partial charge in [0.1, 0.15) is 0 Å². The standard InChI is InChI=1S/C21H23ClN2O3/c1-23-10-5-7-17(23)18-6-3-2-4-11-24(18)20(25)9-8-15-12-16(22)21-19(13-15)26-14-27-21/h5,7-10,12-13,18H,2-4,6,11,14H2,1H3/b9-8-/t18-/m0/s1. The fourth-order valence-corrected chi connectivity index (χ4v) is 4.12. The van der Waals surface area contributed by atoms with Crippen LogP contribution >= 0.6 is 11.6 Å². The van der Waals surface area contributed by atoms with Crippen molar-refractivity contribution in [3.63, 3.8) is 0 Å². The molecule has 6 heteroatoms. The number of carbonyl (C=O) groups is 1. The molecule has 2 aromatic rings. The van der Waals surface area contributed by atoms with Gasteiger partial charge in [-0.2, -0.15) is 0 Å². The number of amides is 1. The summed E-state index contributed by atoms with van der Waals surface area (Å²) in [4.78, 5) is 15.0. The third-order valence-corrected chi connectivity index (χ3v) is 5.51. The Morgan fingerprint density at radius 2 is 2.15 bits per heavy atom. The summed E-state index contributed by atoms with van der Waals surface area (Å²) in [6.07, 6.45) is 9.79. The number of aromatic nitrogens is 1. The van der Waals surface area contributed by atoms with E-state index in [9.17, 15) is 4.79 Å². The van der Waals surface area contributed by atoms with Crippen molar-refractivity contribution >= 4 is 23.6 Å². The van der Waals surface area contributed by atoms with Crippen molar-refractivity contribution in [3.8, 4) is 11.5 Å². The first kappa shape index (κ1) is 18.0. The SMILES string of the molecule is Cn1cccc1[C@@H]1CCCCCN1C(=O)/C=C\c1cc(Cl)c2c(c1)OCO2. The molecule has 27 heavy (non-hydrogen) atoms. The van der Waals surface area contributed by atoms with Gasteiger partial charge in [0.15, 0.2) is 11.5 Å². The Hall–Kier alpha value is -2.40. The van der Waals surface area contributed by atoms with E-state index in [1.165, 1.54) is 5.69 Å². The fraction of sp³-hybridized carbons (Fsp3) is 0.381. The molecule has 1 atom stereocenters. The fourth-order valence-electron chi connectivity index (χ4n) is 3.85. The van der Waals surface area contributed by atoms with Crippen molar-refractivity contribution in [3.05, 3.63) is 52.8 Å². The predicted molar refractivity (Wildman–Crippen MR) is 105 cm³/mol. The third-order valence-electron chi connectivity index (χ3n) is 5.23. The van der Waals surface area contributed by atoms with Crippen molar-refractivity contribution in [2.24, 2.45) is 7.05 Å². The Labute approximate surface area is 164 Å². The molecule has 4 rings (SSSR count). The molecule has 1 aromatic carbocycles. The summed E-state index contributed by atoms with van der Waals surface area (Å²) in [5.74, 6) is 1.21. The molecule has 142 valence electrons. The van der Waals surface area contributed by atoms with Gasteiger partial charge in [-0.05, 0) is 48.7 Å². The second-order valence-corrected chi connectivity index (χ2v) is 7.42. The molecule has 0 unspecified atom stereocenters. The van der Waals surface area contributed by atoms with E-state index in [1.54, 1.807) is 18.2 Å². The first-order valence-electron chi connectivity index (χ1n) is 9.32. The largest absolute Gasteiger partial charge is 0.454 e. The van der Waals surface area contributed by atoms with Crippen LogP contribution in [0.2, 0.25) is 5.02 Å².